The van der Waals surface area contributed by atoms with E-state index in [0.29, 0.717) is 19.5 Å². The fourth-order valence-corrected chi connectivity index (χ4v) is 2.15. The van der Waals surface area contributed by atoms with E-state index in [0.717, 1.165) is 19.2 Å². The number of likely N-dealkylation sites (tertiary alicyclic amines) is 1. The van der Waals surface area contributed by atoms with Crippen LogP contribution in [0.25, 0.3) is 0 Å². The maximum absolute atomic E-state index is 11.5. The number of sulfonamides is 1. The molecule has 1 rings (SSSR count). The van der Waals surface area contributed by atoms with Crippen LogP contribution in [0.2, 0.25) is 0 Å². The number of nitrogens with one attached hydrogen (secondary N) is 2. The zero-order valence-corrected chi connectivity index (χ0v) is 10.5. The van der Waals surface area contributed by atoms with Gasteiger partial charge < -0.3 is 10.2 Å². The Hall–Kier alpha value is -0.660. The van der Waals surface area contributed by atoms with Crippen molar-refractivity contribution in [1.82, 2.24) is 14.9 Å². The van der Waals surface area contributed by atoms with E-state index in [1.165, 1.54) is 0 Å². The summed E-state index contributed by atoms with van der Waals surface area (Å²) in [6.07, 6.45) is 2.64. The van der Waals surface area contributed by atoms with E-state index in [-0.39, 0.29) is 11.9 Å². The molecule has 0 spiro atoms. The minimum atomic E-state index is -3.10. The van der Waals surface area contributed by atoms with Crippen LogP contribution in [0.1, 0.15) is 12.8 Å². The fraction of sp³-hybridized carbons (Fsp3) is 0.889. The van der Waals surface area contributed by atoms with Crippen LogP contribution in [0.4, 0.5) is 0 Å². The van der Waals surface area contributed by atoms with Crippen molar-refractivity contribution in [1.29, 1.82) is 0 Å². The largest absolute Gasteiger partial charge is 0.344 e. The molecule has 1 saturated heterocycles. The number of carbonyl (C=O) groups excluding carboxylic acids is 1. The van der Waals surface area contributed by atoms with E-state index in [1.54, 1.807) is 11.9 Å². The summed E-state index contributed by atoms with van der Waals surface area (Å²) in [5.41, 5.74) is 0. The third-order valence-corrected chi connectivity index (χ3v) is 3.26. The highest BCUT2D eigenvalue weighted by molar-refractivity contribution is 7.88. The van der Waals surface area contributed by atoms with Gasteiger partial charge in [0.1, 0.15) is 0 Å². The van der Waals surface area contributed by atoms with E-state index < -0.39 is 10.0 Å². The van der Waals surface area contributed by atoms with Gasteiger partial charge in [0.25, 0.3) is 0 Å². The minimum absolute atomic E-state index is 0.0942. The maximum Gasteiger partial charge on any atom is 0.239 e. The van der Waals surface area contributed by atoms with Crippen molar-refractivity contribution in [2.45, 2.75) is 18.9 Å². The van der Waals surface area contributed by atoms with Crippen molar-refractivity contribution < 1.29 is 13.2 Å². The first kappa shape index (κ1) is 13.4. The first-order valence-electron chi connectivity index (χ1n) is 5.33. The molecule has 1 fully saturated rings. The molecule has 1 atom stereocenters. The lowest BCUT2D eigenvalue weighted by atomic mass is 10.2. The summed E-state index contributed by atoms with van der Waals surface area (Å²) in [5, 5.41) is 3.12. The number of nitrogens with zero attached hydrogens (tertiary/aromatic N) is 1. The molecule has 1 aliphatic rings. The number of carbonyl (C=O) groups is 1. The Morgan fingerprint density at radius 3 is 2.62 bits per heavy atom. The molecule has 6 nitrogen and oxygen atoms in total. The predicted octanol–water partition coefficient (Wildman–Crippen LogP) is -1.25. The Bertz CT molecular complexity index is 342. The van der Waals surface area contributed by atoms with Gasteiger partial charge in [-0.2, -0.15) is 0 Å². The Kier molecular flexibility index (Phi) is 4.69. The number of hydrogen-bond acceptors (Lipinski definition) is 4. The molecule has 0 aromatic rings. The van der Waals surface area contributed by atoms with E-state index in [1.807, 2.05) is 0 Å². The fourth-order valence-electron chi connectivity index (χ4n) is 1.63. The number of amides is 1. The lowest BCUT2D eigenvalue weighted by Crippen LogP contribution is -2.38. The Balaban J connectivity index is 2.10. The SMILES string of the molecule is CN1CCC(NCCCNS(C)(=O)=O)C1=O. The van der Waals surface area contributed by atoms with Crippen molar-refractivity contribution >= 4 is 15.9 Å². The van der Waals surface area contributed by atoms with Crippen molar-refractivity contribution in [2.24, 2.45) is 0 Å². The lowest BCUT2D eigenvalue weighted by Gasteiger charge is -2.11. The van der Waals surface area contributed by atoms with Gasteiger partial charge in [-0.3, -0.25) is 4.79 Å². The van der Waals surface area contributed by atoms with Gasteiger partial charge in [0, 0.05) is 20.1 Å². The molecule has 2 N–H and O–H groups in total. The third kappa shape index (κ3) is 4.46. The van der Waals surface area contributed by atoms with Crippen LogP contribution in [0.15, 0.2) is 0 Å². The van der Waals surface area contributed by atoms with Gasteiger partial charge in [-0.25, -0.2) is 13.1 Å². The highest BCUT2D eigenvalue weighted by Crippen LogP contribution is 2.07. The van der Waals surface area contributed by atoms with E-state index in [9.17, 15) is 13.2 Å². The molecule has 0 saturated carbocycles. The van der Waals surface area contributed by atoms with Crippen molar-refractivity contribution in [2.75, 3.05) is 32.9 Å². The molecule has 1 heterocycles. The van der Waals surface area contributed by atoms with Crippen LogP contribution in [0.5, 0.6) is 0 Å². The van der Waals surface area contributed by atoms with Crippen molar-refractivity contribution in [3.05, 3.63) is 0 Å². The van der Waals surface area contributed by atoms with E-state index in [2.05, 4.69) is 10.0 Å². The van der Waals surface area contributed by atoms with Crippen LogP contribution >= 0.6 is 0 Å². The molecule has 0 aliphatic carbocycles. The average molecular weight is 249 g/mol. The number of likely N-dealkylation sites (N-methyl/N-ethyl adjacent to an activating group) is 1. The molecule has 1 amide bonds. The molecular formula is C9H19N3O3S. The number of hydrogen-bond donors (Lipinski definition) is 2. The summed E-state index contributed by atoms with van der Waals surface area (Å²) < 4.78 is 23.9. The van der Waals surface area contributed by atoms with Crippen LogP contribution in [0, 0.1) is 0 Å². The quantitative estimate of drug-likeness (QED) is 0.576. The van der Waals surface area contributed by atoms with Crippen LogP contribution < -0.4 is 10.0 Å². The molecule has 0 aromatic heterocycles. The van der Waals surface area contributed by atoms with Gasteiger partial charge in [0.2, 0.25) is 15.9 Å². The second kappa shape index (κ2) is 5.60. The first-order chi connectivity index (χ1) is 7.40. The second-order valence-electron chi connectivity index (χ2n) is 4.08. The molecule has 7 heteroatoms. The summed E-state index contributed by atoms with van der Waals surface area (Å²) in [6.45, 7) is 1.84. The maximum atomic E-state index is 11.5. The van der Waals surface area contributed by atoms with Crippen molar-refractivity contribution in [3.63, 3.8) is 0 Å². The smallest absolute Gasteiger partial charge is 0.239 e. The van der Waals surface area contributed by atoms with Gasteiger partial charge in [0.05, 0.1) is 12.3 Å². The molecule has 0 bridgehead atoms. The third-order valence-electron chi connectivity index (χ3n) is 2.54. The van der Waals surface area contributed by atoms with Crippen LogP contribution in [-0.2, 0) is 14.8 Å². The Morgan fingerprint density at radius 2 is 2.12 bits per heavy atom. The van der Waals surface area contributed by atoms with E-state index in [4.69, 9.17) is 0 Å². The zero-order valence-electron chi connectivity index (χ0n) is 9.69. The zero-order chi connectivity index (χ0) is 12.2. The molecule has 16 heavy (non-hydrogen) atoms. The summed E-state index contributed by atoms with van der Waals surface area (Å²) in [5.74, 6) is 0.121. The first-order valence-corrected chi connectivity index (χ1v) is 7.22. The Morgan fingerprint density at radius 1 is 1.44 bits per heavy atom. The van der Waals surface area contributed by atoms with Gasteiger partial charge in [-0.05, 0) is 19.4 Å². The highest BCUT2D eigenvalue weighted by Gasteiger charge is 2.27. The highest BCUT2D eigenvalue weighted by atomic mass is 32.2. The summed E-state index contributed by atoms with van der Waals surface area (Å²) >= 11 is 0. The molecule has 0 radical (unpaired) electrons. The summed E-state index contributed by atoms with van der Waals surface area (Å²) in [6, 6.07) is -0.0942. The van der Waals surface area contributed by atoms with Crippen LogP contribution in [0.3, 0.4) is 0 Å². The molecule has 1 unspecified atom stereocenters. The van der Waals surface area contributed by atoms with Crippen molar-refractivity contribution in [3.8, 4) is 0 Å². The predicted molar refractivity (Wildman–Crippen MR) is 61.5 cm³/mol. The second-order valence-corrected chi connectivity index (χ2v) is 5.91. The standard InChI is InChI=1S/C9H19N3O3S/c1-12-7-4-8(9(12)13)10-5-3-6-11-16(2,14)15/h8,10-11H,3-7H2,1-2H3. The summed E-state index contributed by atoms with van der Waals surface area (Å²) in [4.78, 5) is 13.2. The molecular weight excluding hydrogens is 230 g/mol. The van der Waals surface area contributed by atoms with Gasteiger partial charge in [-0.15, -0.1) is 0 Å². The normalized spacial score (nSPS) is 21.8. The topological polar surface area (TPSA) is 78.5 Å². The monoisotopic (exact) mass is 249 g/mol. The Labute approximate surface area is 96.4 Å². The lowest BCUT2D eigenvalue weighted by molar-refractivity contribution is -0.128. The molecule has 94 valence electrons. The van der Waals surface area contributed by atoms with Gasteiger partial charge in [0.15, 0.2) is 0 Å². The average Bonchev–Trinajstić information content (AvgIpc) is 2.47. The van der Waals surface area contributed by atoms with Gasteiger partial charge in [-0.1, -0.05) is 0 Å². The molecule has 1 aliphatic heterocycles. The summed E-state index contributed by atoms with van der Waals surface area (Å²) in [7, 11) is -1.31. The van der Waals surface area contributed by atoms with Crippen LogP contribution in [-0.4, -0.2) is 58.2 Å². The number of rotatable bonds is 6. The minimum Gasteiger partial charge on any atom is -0.344 e. The van der Waals surface area contributed by atoms with E-state index >= 15 is 0 Å². The molecule has 0 aromatic carbocycles. The van der Waals surface area contributed by atoms with Gasteiger partial charge >= 0.3 is 0 Å².